The van der Waals surface area contributed by atoms with Gasteiger partial charge in [0.1, 0.15) is 0 Å². The van der Waals surface area contributed by atoms with Crippen molar-refractivity contribution in [2.45, 2.75) is 45.7 Å². The highest BCUT2D eigenvalue weighted by Crippen LogP contribution is 2.18. The lowest BCUT2D eigenvalue weighted by Gasteiger charge is -2.27. The monoisotopic (exact) mass is 262 g/mol. The summed E-state index contributed by atoms with van der Waals surface area (Å²) in [6.45, 7) is 4.68. The van der Waals surface area contributed by atoms with Crippen molar-refractivity contribution in [2.75, 3.05) is 13.6 Å². The van der Waals surface area contributed by atoms with Crippen LogP contribution in [0.3, 0.4) is 0 Å². The molecular formula is C15H22N2O2. The summed E-state index contributed by atoms with van der Waals surface area (Å²) < 4.78 is 1.84. The first-order chi connectivity index (χ1) is 9.17. The second-order valence-corrected chi connectivity index (χ2v) is 5.34. The molecule has 0 saturated heterocycles. The molecule has 0 bridgehead atoms. The summed E-state index contributed by atoms with van der Waals surface area (Å²) in [4.78, 5) is 25.5. The van der Waals surface area contributed by atoms with Crippen molar-refractivity contribution in [3.8, 4) is 0 Å². The fourth-order valence-corrected chi connectivity index (χ4v) is 2.72. The van der Waals surface area contributed by atoms with E-state index in [0.29, 0.717) is 11.8 Å². The molecule has 0 aliphatic carbocycles. The summed E-state index contributed by atoms with van der Waals surface area (Å²) >= 11 is 0. The number of unbranched alkanes of at least 4 members (excludes halogenated alkanes) is 2. The fourth-order valence-electron chi connectivity index (χ4n) is 2.72. The molecule has 0 N–H and O–H groups in total. The number of pyridine rings is 1. The van der Waals surface area contributed by atoms with E-state index in [2.05, 4.69) is 18.9 Å². The maximum atomic E-state index is 12.3. The van der Waals surface area contributed by atoms with Crippen LogP contribution in [0.2, 0.25) is 0 Å². The zero-order chi connectivity index (χ0) is 13.8. The number of likely N-dealkylation sites (N-methyl/N-ethyl adjacent to an activating group) is 1. The minimum Gasteiger partial charge on any atom is -0.312 e. The average molecular weight is 262 g/mol. The van der Waals surface area contributed by atoms with Gasteiger partial charge in [0, 0.05) is 31.7 Å². The lowest BCUT2D eigenvalue weighted by molar-refractivity contribution is 0.112. The Hall–Kier alpha value is -1.42. The van der Waals surface area contributed by atoms with Crippen molar-refractivity contribution < 1.29 is 4.79 Å². The number of hydrogen-bond acceptors (Lipinski definition) is 3. The summed E-state index contributed by atoms with van der Waals surface area (Å²) in [6, 6.07) is 1.77. The van der Waals surface area contributed by atoms with Crippen molar-refractivity contribution in [3.63, 3.8) is 0 Å². The molecule has 0 spiro atoms. The van der Waals surface area contributed by atoms with Gasteiger partial charge < -0.3 is 9.47 Å². The quantitative estimate of drug-likeness (QED) is 0.600. The number of hydrogen-bond donors (Lipinski definition) is 0. The molecular weight excluding hydrogens is 240 g/mol. The third kappa shape index (κ3) is 2.95. The summed E-state index contributed by atoms with van der Waals surface area (Å²) in [6.07, 6.45) is 4.83. The van der Waals surface area contributed by atoms with Crippen LogP contribution in [-0.2, 0) is 19.5 Å². The number of carbonyl (C=O) groups excluding carboxylic acids is 1. The van der Waals surface area contributed by atoms with Crippen LogP contribution >= 0.6 is 0 Å². The number of aldehydes is 1. The van der Waals surface area contributed by atoms with Gasteiger partial charge in [-0.25, -0.2) is 0 Å². The lowest BCUT2D eigenvalue weighted by Crippen LogP contribution is -2.35. The molecule has 2 rings (SSSR count). The molecule has 1 aliphatic heterocycles. The Morgan fingerprint density at radius 3 is 2.84 bits per heavy atom. The van der Waals surface area contributed by atoms with E-state index >= 15 is 0 Å². The molecule has 0 radical (unpaired) electrons. The predicted molar refractivity (Wildman–Crippen MR) is 75.7 cm³/mol. The van der Waals surface area contributed by atoms with Crippen molar-refractivity contribution in [3.05, 3.63) is 33.2 Å². The standard InChI is InChI=1S/C15H22N2O2/c1-3-4-5-7-17-14-6-8-16(2)10-12(14)9-13(11-18)15(17)19/h9,11H,3-8,10H2,1-2H3. The van der Waals surface area contributed by atoms with Crippen LogP contribution in [0.15, 0.2) is 10.9 Å². The van der Waals surface area contributed by atoms with Gasteiger partial charge in [0.15, 0.2) is 6.29 Å². The van der Waals surface area contributed by atoms with Crippen molar-refractivity contribution in [1.82, 2.24) is 9.47 Å². The lowest BCUT2D eigenvalue weighted by atomic mass is 10.0. The van der Waals surface area contributed by atoms with Gasteiger partial charge in [0.25, 0.3) is 5.56 Å². The van der Waals surface area contributed by atoms with Crippen LogP contribution in [0, 0.1) is 0 Å². The Bertz CT molecular complexity index is 520. The van der Waals surface area contributed by atoms with Gasteiger partial charge in [-0.05, 0) is 25.1 Å². The number of rotatable bonds is 5. The van der Waals surface area contributed by atoms with E-state index in [-0.39, 0.29) is 5.56 Å². The average Bonchev–Trinajstić information content (AvgIpc) is 2.41. The van der Waals surface area contributed by atoms with Crippen LogP contribution in [-0.4, -0.2) is 29.3 Å². The van der Waals surface area contributed by atoms with E-state index in [9.17, 15) is 9.59 Å². The number of aromatic nitrogens is 1. The molecule has 104 valence electrons. The zero-order valence-corrected chi connectivity index (χ0v) is 11.8. The van der Waals surface area contributed by atoms with Crippen molar-refractivity contribution in [1.29, 1.82) is 0 Å². The SMILES string of the molecule is CCCCCn1c2c(cc(C=O)c1=O)CN(C)CC2. The van der Waals surface area contributed by atoms with Crippen LogP contribution in [0.5, 0.6) is 0 Å². The van der Waals surface area contributed by atoms with Gasteiger partial charge in [-0.2, -0.15) is 0 Å². The fraction of sp³-hybridized carbons (Fsp3) is 0.600. The zero-order valence-electron chi connectivity index (χ0n) is 11.8. The second-order valence-electron chi connectivity index (χ2n) is 5.34. The van der Waals surface area contributed by atoms with E-state index in [1.54, 1.807) is 6.07 Å². The molecule has 4 heteroatoms. The first-order valence-corrected chi connectivity index (χ1v) is 7.06. The van der Waals surface area contributed by atoms with Crippen LogP contribution < -0.4 is 5.56 Å². The number of fused-ring (bicyclic) bond motifs is 1. The maximum absolute atomic E-state index is 12.3. The van der Waals surface area contributed by atoms with E-state index in [0.717, 1.165) is 56.6 Å². The van der Waals surface area contributed by atoms with Crippen molar-refractivity contribution in [2.24, 2.45) is 0 Å². The Balaban J connectivity index is 2.41. The minimum atomic E-state index is -0.116. The molecule has 1 aromatic rings. The highest BCUT2D eigenvalue weighted by atomic mass is 16.1. The second kappa shape index (κ2) is 6.15. The summed E-state index contributed by atoms with van der Waals surface area (Å²) in [5.74, 6) is 0. The Morgan fingerprint density at radius 2 is 2.16 bits per heavy atom. The molecule has 1 aliphatic rings. The molecule has 0 saturated carbocycles. The molecule has 0 amide bonds. The molecule has 1 aromatic heterocycles. The smallest absolute Gasteiger partial charge is 0.261 e. The Labute approximate surface area is 114 Å². The topological polar surface area (TPSA) is 42.3 Å². The van der Waals surface area contributed by atoms with E-state index in [4.69, 9.17) is 0 Å². The molecule has 0 aromatic carbocycles. The highest BCUT2D eigenvalue weighted by Gasteiger charge is 2.19. The summed E-state index contributed by atoms with van der Waals surface area (Å²) in [5, 5.41) is 0. The van der Waals surface area contributed by atoms with Crippen LogP contribution in [0.1, 0.15) is 47.8 Å². The van der Waals surface area contributed by atoms with Gasteiger partial charge in [0.05, 0.1) is 5.56 Å². The third-order valence-corrected chi connectivity index (χ3v) is 3.80. The van der Waals surface area contributed by atoms with E-state index < -0.39 is 0 Å². The molecule has 0 atom stereocenters. The number of carbonyl (C=O) groups is 1. The van der Waals surface area contributed by atoms with Gasteiger partial charge in [-0.3, -0.25) is 9.59 Å². The molecule has 4 nitrogen and oxygen atoms in total. The summed E-state index contributed by atoms with van der Waals surface area (Å²) in [5.41, 5.74) is 2.44. The van der Waals surface area contributed by atoms with Gasteiger partial charge in [-0.1, -0.05) is 19.8 Å². The highest BCUT2D eigenvalue weighted by molar-refractivity contribution is 5.74. The van der Waals surface area contributed by atoms with Crippen LogP contribution in [0.4, 0.5) is 0 Å². The summed E-state index contributed by atoms with van der Waals surface area (Å²) in [7, 11) is 2.07. The first-order valence-electron chi connectivity index (χ1n) is 7.06. The first kappa shape index (κ1) is 14.0. The molecule has 0 fully saturated rings. The van der Waals surface area contributed by atoms with Gasteiger partial charge in [-0.15, -0.1) is 0 Å². The van der Waals surface area contributed by atoms with Crippen LogP contribution in [0.25, 0.3) is 0 Å². The minimum absolute atomic E-state index is 0.116. The number of nitrogens with zero attached hydrogens (tertiary/aromatic N) is 2. The normalized spacial score (nSPS) is 15.3. The Morgan fingerprint density at radius 1 is 1.37 bits per heavy atom. The third-order valence-electron chi connectivity index (χ3n) is 3.80. The van der Waals surface area contributed by atoms with E-state index in [1.165, 1.54) is 0 Å². The van der Waals surface area contributed by atoms with Gasteiger partial charge in [0.2, 0.25) is 0 Å². The Kier molecular flexibility index (Phi) is 4.53. The molecule has 0 unspecified atom stereocenters. The largest absolute Gasteiger partial charge is 0.312 e. The molecule has 19 heavy (non-hydrogen) atoms. The maximum Gasteiger partial charge on any atom is 0.261 e. The predicted octanol–water partition coefficient (Wildman–Crippen LogP) is 1.84. The van der Waals surface area contributed by atoms with E-state index in [1.807, 2.05) is 4.57 Å². The van der Waals surface area contributed by atoms with Crippen molar-refractivity contribution >= 4 is 6.29 Å². The molecule has 2 heterocycles. The van der Waals surface area contributed by atoms with Gasteiger partial charge >= 0.3 is 0 Å².